The second kappa shape index (κ2) is 5.81. The van der Waals surface area contributed by atoms with Crippen LogP contribution in [0.2, 0.25) is 0 Å². The fourth-order valence-electron chi connectivity index (χ4n) is 2.24. The van der Waals surface area contributed by atoms with E-state index in [1.807, 2.05) is 6.92 Å². The average molecular weight is 240 g/mol. The van der Waals surface area contributed by atoms with Crippen molar-refractivity contribution >= 4 is 17.9 Å². The Kier molecular flexibility index (Phi) is 4.14. The fraction of sp³-hybridized carbons (Fsp3) is 0.353. The van der Waals surface area contributed by atoms with Crippen LogP contribution in [0.5, 0.6) is 0 Å². The summed E-state index contributed by atoms with van der Waals surface area (Å²) >= 11 is 0. The maximum atomic E-state index is 11.8. The molecule has 0 aliphatic heterocycles. The first kappa shape index (κ1) is 12.8. The third-order valence-electron chi connectivity index (χ3n) is 3.28. The Hall–Kier alpha value is -1.63. The van der Waals surface area contributed by atoms with Gasteiger partial charge in [0.2, 0.25) is 0 Å². The summed E-state index contributed by atoms with van der Waals surface area (Å²) in [5.74, 6) is 0.303. The molecule has 0 spiro atoms. The predicted molar refractivity (Wildman–Crippen MR) is 76.6 cm³/mol. The lowest BCUT2D eigenvalue weighted by molar-refractivity contribution is -0.118. The maximum Gasteiger partial charge on any atom is 0.137 e. The number of benzene rings is 1. The minimum Gasteiger partial charge on any atom is -0.299 e. The Labute approximate surface area is 109 Å². The van der Waals surface area contributed by atoms with Gasteiger partial charge in [0.1, 0.15) is 5.78 Å². The van der Waals surface area contributed by atoms with E-state index in [4.69, 9.17) is 0 Å². The Morgan fingerprint density at radius 3 is 2.61 bits per heavy atom. The first-order valence-electron chi connectivity index (χ1n) is 6.60. The van der Waals surface area contributed by atoms with Crippen molar-refractivity contribution in [2.75, 3.05) is 0 Å². The highest BCUT2D eigenvalue weighted by Crippen LogP contribution is 2.05. The Balaban J connectivity index is 2.07. The van der Waals surface area contributed by atoms with Gasteiger partial charge in [-0.25, -0.2) is 0 Å². The van der Waals surface area contributed by atoms with Crippen molar-refractivity contribution in [1.82, 2.24) is 0 Å². The summed E-state index contributed by atoms with van der Waals surface area (Å²) in [7, 11) is 0. The van der Waals surface area contributed by atoms with Crippen LogP contribution in [-0.4, -0.2) is 5.78 Å². The molecular weight excluding hydrogens is 220 g/mol. The Morgan fingerprint density at radius 2 is 1.89 bits per heavy atom. The van der Waals surface area contributed by atoms with E-state index in [9.17, 15) is 4.79 Å². The van der Waals surface area contributed by atoms with Crippen molar-refractivity contribution in [3.8, 4) is 0 Å². The molecule has 0 saturated carbocycles. The predicted octanol–water partition coefficient (Wildman–Crippen LogP) is 2.51. The monoisotopic (exact) mass is 240 g/mol. The molecule has 1 aromatic rings. The molecule has 0 fully saturated rings. The van der Waals surface area contributed by atoms with Gasteiger partial charge in [0.25, 0.3) is 0 Å². The van der Waals surface area contributed by atoms with E-state index in [2.05, 4.69) is 36.9 Å². The second-order valence-corrected chi connectivity index (χ2v) is 5.12. The topological polar surface area (TPSA) is 17.1 Å². The number of Topliss-reactive ketones (excluding diaryl/α,β-unsaturated/α-hetero) is 1. The van der Waals surface area contributed by atoms with Crippen LogP contribution in [0.25, 0.3) is 12.2 Å². The van der Waals surface area contributed by atoms with Gasteiger partial charge in [0.05, 0.1) is 0 Å². The third-order valence-corrected chi connectivity index (χ3v) is 3.28. The molecule has 0 unspecified atom stereocenters. The first-order valence-corrected chi connectivity index (χ1v) is 6.60. The highest BCUT2D eigenvalue weighted by molar-refractivity contribution is 5.81. The molecule has 94 valence electrons. The standard InChI is InChI=1S/C17H20O/c1-13(2)7-10-17(18)12-14-8-9-15-5-3-4-6-16(15)11-14/h5-6,8-9,11H,1,3-4,7,10,12H2,2H3. The number of fused-ring (bicyclic) bond motifs is 1. The SMILES string of the molecule is C=C(C)CCC(=O)Cc1ccc2c(c1)=CCCC=2. The number of hydrogen-bond acceptors (Lipinski definition) is 1. The zero-order valence-electron chi connectivity index (χ0n) is 11.0. The molecule has 0 aromatic heterocycles. The molecule has 0 N–H and O–H groups in total. The molecule has 0 bridgehead atoms. The van der Waals surface area contributed by atoms with E-state index >= 15 is 0 Å². The van der Waals surface area contributed by atoms with Crippen LogP contribution < -0.4 is 10.4 Å². The van der Waals surface area contributed by atoms with Gasteiger partial charge < -0.3 is 0 Å². The van der Waals surface area contributed by atoms with E-state index in [0.717, 1.165) is 30.4 Å². The summed E-state index contributed by atoms with van der Waals surface area (Å²) in [6.07, 6.45) is 8.74. The minimum atomic E-state index is 0.303. The van der Waals surface area contributed by atoms with E-state index in [1.54, 1.807) is 0 Å². The van der Waals surface area contributed by atoms with Crippen LogP contribution in [0, 0.1) is 0 Å². The molecule has 1 aliphatic rings. The minimum absolute atomic E-state index is 0.303. The van der Waals surface area contributed by atoms with Crippen LogP contribution in [0.15, 0.2) is 30.4 Å². The van der Waals surface area contributed by atoms with E-state index in [1.165, 1.54) is 10.4 Å². The van der Waals surface area contributed by atoms with E-state index in [0.29, 0.717) is 18.6 Å². The summed E-state index contributed by atoms with van der Waals surface area (Å²) in [5.41, 5.74) is 2.21. The molecule has 0 radical (unpaired) electrons. The third kappa shape index (κ3) is 3.43. The van der Waals surface area contributed by atoms with Crippen LogP contribution in [0.1, 0.15) is 38.2 Å². The summed E-state index contributed by atoms with van der Waals surface area (Å²) in [6, 6.07) is 6.36. The van der Waals surface area contributed by atoms with Crippen molar-refractivity contribution in [2.24, 2.45) is 0 Å². The largest absolute Gasteiger partial charge is 0.299 e. The van der Waals surface area contributed by atoms with Gasteiger partial charge in [-0.3, -0.25) is 4.79 Å². The summed E-state index contributed by atoms with van der Waals surface area (Å²) < 4.78 is 0. The van der Waals surface area contributed by atoms with Crippen molar-refractivity contribution in [2.45, 2.75) is 39.0 Å². The quantitative estimate of drug-likeness (QED) is 0.723. The van der Waals surface area contributed by atoms with Gasteiger partial charge in [0, 0.05) is 12.8 Å². The van der Waals surface area contributed by atoms with Crippen LogP contribution >= 0.6 is 0 Å². The van der Waals surface area contributed by atoms with Crippen LogP contribution in [-0.2, 0) is 11.2 Å². The van der Waals surface area contributed by atoms with Crippen molar-refractivity contribution in [1.29, 1.82) is 0 Å². The molecule has 0 heterocycles. The summed E-state index contributed by atoms with van der Waals surface area (Å²) in [5, 5.41) is 2.59. The van der Waals surface area contributed by atoms with Gasteiger partial charge in [-0.15, -0.1) is 6.58 Å². The van der Waals surface area contributed by atoms with Crippen molar-refractivity contribution in [3.05, 3.63) is 46.4 Å². The maximum absolute atomic E-state index is 11.8. The first-order chi connectivity index (χ1) is 8.65. The fourth-order valence-corrected chi connectivity index (χ4v) is 2.24. The van der Waals surface area contributed by atoms with Gasteiger partial charge in [-0.1, -0.05) is 35.9 Å². The lowest BCUT2D eigenvalue weighted by Gasteiger charge is -2.04. The van der Waals surface area contributed by atoms with Gasteiger partial charge in [-0.05, 0) is 42.2 Å². The molecule has 1 aromatic carbocycles. The number of rotatable bonds is 5. The summed E-state index contributed by atoms with van der Waals surface area (Å²) in [4.78, 5) is 11.8. The Bertz CT molecular complexity index is 578. The van der Waals surface area contributed by atoms with Crippen LogP contribution in [0.3, 0.4) is 0 Å². The van der Waals surface area contributed by atoms with Crippen molar-refractivity contribution in [3.63, 3.8) is 0 Å². The molecule has 0 atom stereocenters. The van der Waals surface area contributed by atoms with Gasteiger partial charge >= 0.3 is 0 Å². The molecule has 1 aliphatic carbocycles. The highest BCUT2D eigenvalue weighted by Gasteiger charge is 2.04. The Morgan fingerprint density at radius 1 is 1.17 bits per heavy atom. The van der Waals surface area contributed by atoms with Crippen LogP contribution in [0.4, 0.5) is 0 Å². The average Bonchev–Trinajstić information content (AvgIpc) is 2.36. The molecule has 1 heteroatoms. The number of carbonyl (C=O) groups excluding carboxylic acids is 1. The molecule has 1 nitrogen and oxygen atoms in total. The second-order valence-electron chi connectivity index (χ2n) is 5.12. The molecule has 0 amide bonds. The lowest BCUT2D eigenvalue weighted by Crippen LogP contribution is -2.27. The van der Waals surface area contributed by atoms with Gasteiger partial charge in [0.15, 0.2) is 0 Å². The lowest BCUT2D eigenvalue weighted by atomic mass is 10.0. The number of carbonyl (C=O) groups is 1. The molecular formula is C17H20O. The normalized spacial score (nSPS) is 13.2. The highest BCUT2D eigenvalue weighted by atomic mass is 16.1. The van der Waals surface area contributed by atoms with Crippen molar-refractivity contribution < 1.29 is 4.79 Å². The smallest absolute Gasteiger partial charge is 0.137 e. The van der Waals surface area contributed by atoms with Gasteiger partial charge in [-0.2, -0.15) is 0 Å². The zero-order chi connectivity index (χ0) is 13.0. The number of ketones is 1. The summed E-state index contributed by atoms with van der Waals surface area (Å²) in [6.45, 7) is 5.80. The molecule has 18 heavy (non-hydrogen) atoms. The van der Waals surface area contributed by atoms with E-state index in [-0.39, 0.29) is 0 Å². The van der Waals surface area contributed by atoms with E-state index < -0.39 is 0 Å². The zero-order valence-corrected chi connectivity index (χ0v) is 11.0. The number of hydrogen-bond donors (Lipinski definition) is 0. The number of allylic oxidation sites excluding steroid dienone is 1. The molecule has 0 saturated heterocycles. The molecule has 2 rings (SSSR count).